The zero-order valence-corrected chi connectivity index (χ0v) is 11.1. The molecule has 1 aromatic carbocycles. The second kappa shape index (κ2) is 5.29. The summed E-state index contributed by atoms with van der Waals surface area (Å²) in [6, 6.07) is 9.94. The third-order valence-electron chi connectivity index (χ3n) is 3.86. The molecule has 1 aromatic rings. The van der Waals surface area contributed by atoms with E-state index in [1.807, 2.05) is 6.07 Å². The summed E-state index contributed by atoms with van der Waals surface area (Å²) in [7, 11) is 1.73. The van der Waals surface area contributed by atoms with Crippen molar-refractivity contribution in [2.24, 2.45) is 0 Å². The van der Waals surface area contributed by atoms with Gasteiger partial charge >= 0.3 is 0 Å². The van der Waals surface area contributed by atoms with Crippen LogP contribution in [0, 0.1) is 0 Å². The lowest BCUT2D eigenvalue weighted by molar-refractivity contribution is 0.319. The van der Waals surface area contributed by atoms with Crippen LogP contribution in [-0.2, 0) is 6.54 Å². The fraction of sp³-hybridized carbons (Fsp3) is 0.600. The summed E-state index contributed by atoms with van der Waals surface area (Å²) in [5.41, 5.74) is 1.35. The molecule has 18 heavy (non-hydrogen) atoms. The maximum absolute atomic E-state index is 5.27. The predicted molar refractivity (Wildman–Crippen MR) is 72.8 cm³/mol. The largest absolute Gasteiger partial charge is 0.497 e. The molecule has 1 saturated carbocycles. The molecule has 0 spiro atoms. The topological polar surface area (TPSA) is 24.5 Å². The zero-order valence-electron chi connectivity index (χ0n) is 11.1. The van der Waals surface area contributed by atoms with Crippen LogP contribution in [0.15, 0.2) is 24.3 Å². The fourth-order valence-electron chi connectivity index (χ4n) is 2.72. The number of ether oxygens (including phenoxy) is 1. The Hall–Kier alpha value is -1.06. The molecule has 98 valence electrons. The fourth-order valence-corrected chi connectivity index (χ4v) is 2.72. The summed E-state index contributed by atoms with van der Waals surface area (Å²) in [6.07, 6.45) is 4.05. The highest BCUT2D eigenvalue weighted by molar-refractivity contribution is 5.28. The van der Waals surface area contributed by atoms with Crippen molar-refractivity contribution in [1.82, 2.24) is 10.2 Å². The number of rotatable bonds is 5. The standard InChI is InChI=1S/C15H22N2O/c1-18-15-4-2-3-12(9-15)10-17-8-7-14(11-17)16-13-5-6-13/h2-4,9,13-14,16H,5-8,10-11H2,1H3. The van der Waals surface area contributed by atoms with Crippen molar-refractivity contribution in [3.05, 3.63) is 29.8 Å². The van der Waals surface area contributed by atoms with E-state index < -0.39 is 0 Å². The first-order chi connectivity index (χ1) is 8.83. The molecule has 1 atom stereocenters. The second-order valence-electron chi connectivity index (χ2n) is 5.51. The molecule has 3 heteroatoms. The van der Waals surface area contributed by atoms with Crippen LogP contribution < -0.4 is 10.1 Å². The van der Waals surface area contributed by atoms with E-state index in [1.165, 1.54) is 37.9 Å². The Morgan fingerprint density at radius 3 is 2.94 bits per heavy atom. The number of nitrogens with zero attached hydrogens (tertiary/aromatic N) is 1. The molecular formula is C15H22N2O. The summed E-state index contributed by atoms with van der Waals surface area (Å²) in [5, 5.41) is 3.72. The van der Waals surface area contributed by atoms with Crippen LogP contribution in [0.3, 0.4) is 0 Å². The third kappa shape index (κ3) is 3.03. The number of hydrogen-bond acceptors (Lipinski definition) is 3. The summed E-state index contributed by atoms with van der Waals surface area (Å²) in [6.45, 7) is 3.44. The van der Waals surface area contributed by atoms with Crippen LogP contribution in [0.1, 0.15) is 24.8 Å². The Balaban J connectivity index is 1.52. The van der Waals surface area contributed by atoms with E-state index in [2.05, 4.69) is 28.4 Å². The van der Waals surface area contributed by atoms with Crippen LogP contribution in [0.25, 0.3) is 0 Å². The Morgan fingerprint density at radius 2 is 2.17 bits per heavy atom. The van der Waals surface area contributed by atoms with Crippen molar-refractivity contribution in [2.75, 3.05) is 20.2 Å². The van der Waals surface area contributed by atoms with E-state index in [0.717, 1.165) is 18.3 Å². The number of benzene rings is 1. The lowest BCUT2D eigenvalue weighted by atomic mass is 10.2. The first-order valence-electron chi connectivity index (χ1n) is 6.95. The average Bonchev–Trinajstić information content (AvgIpc) is 3.09. The zero-order chi connectivity index (χ0) is 12.4. The van der Waals surface area contributed by atoms with Gasteiger partial charge in [-0.3, -0.25) is 4.90 Å². The van der Waals surface area contributed by atoms with Gasteiger partial charge in [0.25, 0.3) is 0 Å². The van der Waals surface area contributed by atoms with E-state index in [-0.39, 0.29) is 0 Å². The molecule has 0 aromatic heterocycles. The molecule has 0 radical (unpaired) electrons. The van der Waals surface area contributed by atoms with Crippen molar-refractivity contribution in [3.8, 4) is 5.75 Å². The minimum Gasteiger partial charge on any atom is -0.497 e. The Morgan fingerprint density at radius 1 is 1.28 bits per heavy atom. The van der Waals surface area contributed by atoms with Crippen LogP contribution in [0.4, 0.5) is 0 Å². The lowest BCUT2D eigenvalue weighted by Gasteiger charge is -2.17. The molecule has 1 aliphatic heterocycles. The molecular weight excluding hydrogens is 224 g/mol. The Kier molecular flexibility index (Phi) is 3.52. The predicted octanol–water partition coefficient (Wildman–Crippen LogP) is 2.02. The smallest absolute Gasteiger partial charge is 0.119 e. The molecule has 0 bridgehead atoms. The van der Waals surface area contributed by atoms with Gasteiger partial charge in [0.2, 0.25) is 0 Å². The SMILES string of the molecule is COc1cccc(CN2CCC(NC3CC3)C2)c1. The first kappa shape index (κ1) is 12.0. The Labute approximate surface area is 109 Å². The molecule has 2 aliphatic rings. The minimum absolute atomic E-state index is 0.711. The summed E-state index contributed by atoms with van der Waals surface area (Å²) in [5.74, 6) is 0.958. The van der Waals surface area contributed by atoms with Gasteiger partial charge in [0.1, 0.15) is 5.75 Å². The molecule has 1 N–H and O–H groups in total. The van der Waals surface area contributed by atoms with Crippen LogP contribution in [-0.4, -0.2) is 37.2 Å². The second-order valence-corrected chi connectivity index (χ2v) is 5.51. The third-order valence-corrected chi connectivity index (χ3v) is 3.86. The molecule has 1 aliphatic carbocycles. The number of likely N-dealkylation sites (tertiary alicyclic amines) is 1. The van der Waals surface area contributed by atoms with Gasteiger partial charge in [-0.05, 0) is 37.0 Å². The highest BCUT2D eigenvalue weighted by atomic mass is 16.5. The molecule has 3 nitrogen and oxygen atoms in total. The van der Waals surface area contributed by atoms with Crippen molar-refractivity contribution >= 4 is 0 Å². The van der Waals surface area contributed by atoms with E-state index in [1.54, 1.807) is 7.11 Å². The van der Waals surface area contributed by atoms with Gasteiger partial charge < -0.3 is 10.1 Å². The van der Waals surface area contributed by atoms with Crippen molar-refractivity contribution in [3.63, 3.8) is 0 Å². The van der Waals surface area contributed by atoms with Gasteiger partial charge in [-0.25, -0.2) is 0 Å². The molecule has 3 rings (SSSR count). The van der Waals surface area contributed by atoms with Gasteiger partial charge in [-0.2, -0.15) is 0 Å². The van der Waals surface area contributed by atoms with Crippen LogP contribution >= 0.6 is 0 Å². The molecule has 1 heterocycles. The number of methoxy groups -OCH3 is 1. The molecule has 2 fully saturated rings. The monoisotopic (exact) mass is 246 g/mol. The van der Waals surface area contributed by atoms with Crippen molar-refractivity contribution in [1.29, 1.82) is 0 Å². The maximum Gasteiger partial charge on any atom is 0.119 e. The van der Waals surface area contributed by atoms with E-state index in [0.29, 0.717) is 6.04 Å². The number of hydrogen-bond donors (Lipinski definition) is 1. The summed E-state index contributed by atoms with van der Waals surface area (Å²) < 4.78 is 5.27. The highest BCUT2D eigenvalue weighted by Crippen LogP contribution is 2.23. The quantitative estimate of drug-likeness (QED) is 0.860. The molecule has 1 saturated heterocycles. The van der Waals surface area contributed by atoms with Gasteiger partial charge in [-0.15, -0.1) is 0 Å². The first-order valence-corrected chi connectivity index (χ1v) is 6.95. The minimum atomic E-state index is 0.711. The van der Waals surface area contributed by atoms with Crippen molar-refractivity contribution in [2.45, 2.75) is 37.9 Å². The average molecular weight is 246 g/mol. The van der Waals surface area contributed by atoms with Crippen LogP contribution in [0.5, 0.6) is 5.75 Å². The highest BCUT2D eigenvalue weighted by Gasteiger charge is 2.28. The normalized spacial score (nSPS) is 24.4. The van der Waals surface area contributed by atoms with E-state index in [9.17, 15) is 0 Å². The van der Waals surface area contributed by atoms with E-state index in [4.69, 9.17) is 4.74 Å². The van der Waals surface area contributed by atoms with Crippen molar-refractivity contribution < 1.29 is 4.74 Å². The maximum atomic E-state index is 5.27. The van der Waals surface area contributed by atoms with Gasteiger partial charge in [0, 0.05) is 31.7 Å². The summed E-state index contributed by atoms with van der Waals surface area (Å²) in [4.78, 5) is 2.54. The molecule has 1 unspecified atom stereocenters. The Bertz CT molecular complexity index is 403. The van der Waals surface area contributed by atoms with Gasteiger partial charge in [0.05, 0.1) is 7.11 Å². The molecule has 0 amide bonds. The van der Waals surface area contributed by atoms with Gasteiger partial charge in [0.15, 0.2) is 0 Å². The lowest BCUT2D eigenvalue weighted by Crippen LogP contribution is -2.33. The van der Waals surface area contributed by atoms with Gasteiger partial charge in [-0.1, -0.05) is 12.1 Å². The van der Waals surface area contributed by atoms with E-state index >= 15 is 0 Å². The summed E-state index contributed by atoms with van der Waals surface area (Å²) >= 11 is 0. The van der Waals surface area contributed by atoms with Crippen LogP contribution in [0.2, 0.25) is 0 Å². The number of nitrogens with one attached hydrogen (secondary N) is 1.